The van der Waals surface area contributed by atoms with Gasteiger partial charge in [-0.2, -0.15) is 0 Å². The molecule has 1 atom stereocenters. The fourth-order valence-corrected chi connectivity index (χ4v) is 1.76. The number of hydrogen-bond acceptors (Lipinski definition) is 2. The molecule has 0 aliphatic carbocycles. The minimum atomic E-state index is 0.195. The van der Waals surface area contributed by atoms with Crippen LogP contribution in [0.2, 0.25) is 0 Å². The van der Waals surface area contributed by atoms with E-state index in [9.17, 15) is 4.79 Å². The van der Waals surface area contributed by atoms with Crippen molar-refractivity contribution in [1.82, 2.24) is 10.2 Å². The Morgan fingerprint density at radius 1 is 1.64 bits per heavy atom. The molecule has 0 radical (unpaired) electrons. The molecule has 1 unspecified atom stereocenters. The maximum Gasteiger partial charge on any atom is 0.249 e. The topological polar surface area (TPSA) is 32.3 Å². The normalized spacial score (nSPS) is 23.8. The van der Waals surface area contributed by atoms with Crippen molar-refractivity contribution < 1.29 is 4.79 Å². The van der Waals surface area contributed by atoms with Crippen LogP contribution in [0.5, 0.6) is 0 Å². The predicted octanol–water partition coefficient (Wildman–Crippen LogP) is 1.16. The predicted molar refractivity (Wildman–Crippen MR) is 58.1 cm³/mol. The first kappa shape index (κ1) is 11.2. The lowest BCUT2D eigenvalue weighted by atomic mass is 10.1. The van der Waals surface area contributed by atoms with E-state index in [1.54, 1.807) is 0 Å². The Hall–Kier alpha value is -0.830. The summed E-state index contributed by atoms with van der Waals surface area (Å²) >= 11 is 0. The summed E-state index contributed by atoms with van der Waals surface area (Å²) < 4.78 is 0. The van der Waals surface area contributed by atoms with Crippen molar-refractivity contribution in [3.8, 4) is 0 Å². The summed E-state index contributed by atoms with van der Waals surface area (Å²) in [6, 6.07) is 0.419. The summed E-state index contributed by atoms with van der Waals surface area (Å²) in [6.07, 6.45) is 2.92. The zero-order valence-corrected chi connectivity index (χ0v) is 9.34. The van der Waals surface area contributed by atoms with E-state index in [0.29, 0.717) is 6.04 Å². The SMILES string of the molecule is CC/C=C(/C)C(=O)N1CCNC(C)C1. The molecular weight excluding hydrogens is 176 g/mol. The molecule has 0 aromatic rings. The molecule has 0 spiro atoms. The fourth-order valence-electron chi connectivity index (χ4n) is 1.76. The molecule has 1 aliphatic heterocycles. The Morgan fingerprint density at radius 2 is 2.36 bits per heavy atom. The fraction of sp³-hybridized carbons (Fsp3) is 0.727. The molecule has 1 fully saturated rings. The van der Waals surface area contributed by atoms with Crippen LogP contribution in [0, 0.1) is 0 Å². The van der Waals surface area contributed by atoms with E-state index in [-0.39, 0.29) is 5.91 Å². The summed E-state index contributed by atoms with van der Waals surface area (Å²) in [5.41, 5.74) is 0.876. The van der Waals surface area contributed by atoms with Crippen LogP contribution < -0.4 is 5.32 Å². The van der Waals surface area contributed by atoms with Crippen LogP contribution in [0.1, 0.15) is 27.2 Å². The van der Waals surface area contributed by atoms with Gasteiger partial charge in [0.2, 0.25) is 5.91 Å². The van der Waals surface area contributed by atoms with Crippen LogP contribution in [0.25, 0.3) is 0 Å². The van der Waals surface area contributed by atoms with Gasteiger partial charge in [-0.15, -0.1) is 0 Å². The van der Waals surface area contributed by atoms with Gasteiger partial charge in [0.15, 0.2) is 0 Å². The first-order chi connectivity index (χ1) is 6.65. The first-order valence-corrected chi connectivity index (χ1v) is 5.34. The van der Waals surface area contributed by atoms with E-state index in [1.807, 2.05) is 17.9 Å². The maximum absolute atomic E-state index is 11.9. The highest BCUT2D eigenvalue weighted by atomic mass is 16.2. The van der Waals surface area contributed by atoms with Gasteiger partial charge in [0.05, 0.1) is 0 Å². The average molecular weight is 196 g/mol. The van der Waals surface area contributed by atoms with Crippen LogP contribution in [0.15, 0.2) is 11.6 Å². The van der Waals surface area contributed by atoms with Gasteiger partial charge in [-0.3, -0.25) is 4.79 Å². The zero-order chi connectivity index (χ0) is 10.6. The molecule has 0 saturated carbocycles. The van der Waals surface area contributed by atoms with Crippen molar-refractivity contribution in [3.05, 3.63) is 11.6 Å². The van der Waals surface area contributed by atoms with Crippen LogP contribution in [-0.2, 0) is 4.79 Å². The molecule has 1 heterocycles. The molecule has 80 valence electrons. The lowest BCUT2D eigenvalue weighted by Crippen LogP contribution is -2.51. The van der Waals surface area contributed by atoms with Crippen molar-refractivity contribution in [2.24, 2.45) is 0 Å². The van der Waals surface area contributed by atoms with Gasteiger partial charge in [0, 0.05) is 31.2 Å². The molecule has 0 aromatic carbocycles. The molecule has 0 bridgehead atoms. The highest BCUT2D eigenvalue weighted by Gasteiger charge is 2.20. The molecule has 3 heteroatoms. The zero-order valence-electron chi connectivity index (χ0n) is 9.34. The monoisotopic (exact) mass is 196 g/mol. The van der Waals surface area contributed by atoms with Gasteiger partial charge in [-0.1, -0.05) is 13.0 Å². The van der Waals surface area contributed by atoms with Crippen LogP contribution in [0.3, 0.4) is 0 Å². The number of carbonyl (C=O) groups excluding carboxylic acids is 1. The summed E-state index contributed by atoms with van der Waals surface area (Å²) in [5, 5.41) is 3.32. The molecule has 3 nitrogen and oxygen atoms in total. The van der Waals surface area contributed by atoms with Crippen LogP contribution in [0.4, 0.5) is 0 Å². The Balaban J connectivity index is 2.55. The number of nitrogens with one attached hydrogen (secondary N) is 1. The standard InChI is InChI=1S/C11H20N2O/c1-4-5-9(2)11(14)13-7-6-12-10(3)8-13/h5,10,12H,4,6-8H2,1-3H3/b9-5-. The van der Waals surface area contributed by atoms with E-state index in [2.05, 4.69) is 19.2 Å². The van der Waals surface area contributed by atoms with E-state index < -0.39 is 0 Å². The number of nitrogens with zero attached hydrogens (tertiary/aromatic N) is 1. The second kappa shape index (κ2) is 5.15. The number of carbonyl (C=O) groups is 1. The lowest BCUT2D eigenvalue weighted by molar-refractivity contribution is -0.128. The van der Waals surface area contributed by atoms with Crippen molar-refractivity contribution in [1.29, 1.82) is 0 Å². The highest BCUT2D eigenvalue weighted by molar-refractivity contribution is 5.92. The molecule has 14 heavy (non-hydrogen) atoms. The number of piperazine rings is 1. The minimum Gasteiger partial charge on any atom is -0.336 e. The smallest absolute Gasteiger partial charge is 0.249 e. The second-order valence-electron chi connectivity index (χ2n) is 3.90. The van der Waals surface area contributed by atoms with Gasteiger partial charge < -0.3 is 10.2 Å². The van der Waals surface area contributed by atoms with E-state index in [4.69, 9.17) is 0 Å². The third kappa shape index (κ3) is 2.84. The van der Waals surface area contributed by atoms with Crippen molar-refractivity contribution in [2.45, 2.75) is 33.2 Å². The Morgan fingerprint density at radius 3 is 2.93 bits per heavy atom. The van der Waals surface area contributed by atoms with Gasteiger partial charge in [-0.25, -0.2) is 0 Å². The molecule has 0 aromatic heterocycles. The Kier molecular flexibility index (Phi) is 4.14. The van der Waals surface area contributed by atoms with Crippen LogP contribution >= 0.6 is 0 Å². The number of hydrogen-bond donors (Lipinski definition) is 1. The van der Waals surface area contributed by atoms with Gasteiger partial charge in [-0.05, 0) is 20.3 Å². The highest BCUT2D eigenvalue weighted by Crippen LogP contribution is 2.06. The molecule has 1 aliphatic rings. The Bertz CT molecular complexity index is 235. The van der Waals surface area contributed by atoms with Gasteiger partial charge in [0.25, 0.3) is 0 Å². The van der Waals surface area contributed by atoms with Crippen LogP contribution in [-0.4, -0.2) is 36.5 Å². The van der Waals surface area contributed by atoms with Gasteiger partial charge in [0.1, 0.15) is 0 Å². The summed E-state index contributed by atoms with van der Waals surface area (Å²) in [6.45, 7) is 8.63. The first-order valence-electron chi connectivity index (χ1n) is 5.34. The van der Waals surface area contributed by atoms with E-state index in [1.165, 1.54) is 0 Å². The number of allylic oxidation sites excluding steroid dienone is 1. The van der Waals surface area contributed by atoms with Crippen molar-refractivity contribution in [3.63, 3.8) is 0 Å². The largest absolute Gasteiger partial charge is 0.336 e. The average Bonchev–Trinajstić information content (AvgIpc) is 2.17. The van der Waals surface area contributed by atoms with E-state index >= 15 is 0 Å². The third-order valence-electron chi connectivity index (χ3n) is 2.50. The Labute approximate surface area is 86.2 Å². The quantitative estimate of drug-likeness (QED) is 0.672. The summed E-state index contributed by atoms with van der Waals surface area (Å²) in [5.74, 6) is 0.195. The third-order valence-corrected chi connectivity index (χ3v) is 2.50. The maximum atomic E-state index is 11.9. The molecular formula is C11H20N2O. The number of amides is 1. The van der Waals surface area contributed by atoms with E-state index in [0.717, 1.165) is 31.6 Å². The molecule has 1 amide bonds. The lowest BCUT2D eigenvalue weighted by Gasteiger charge is -2.32. The summed E-state index contributed by atoms with van der Waals surface area (Å²) in [4.78, 5) is 13.8. The molecule has 1 saturated heterocycles. The molecule has 1 rings (SSSR count). The van der Waals surface area contributed by atoms with Gasteiger partial charge >= 0.3 is 0 Å². The molecule has 1 N–H and O–H groups in total. The summed E-state index contributed by atoms with van der Waals surface area (Å²) in [7, 11) is 0. The second-order valence-corrected chi connectivity index (χ2v) is 3.90. The van der Waals surface area contributed by atoms with Crippen molar-refractivity contribution in [2.75, 3.05) is 19.6 Å². The number of rotatable bonds is 2. The minimum absolute atomic E-state index is 0.195. The van der Waals surface area contributed by atoms with Crippen molar-refractivity contribution >= 4 is 5.91 Å².